The number of anilines is 2. The standard InChI is InChI=1S/C12H13N3O4S2/c1-7-11(20-12(17)13-7)21(18,19)15-10-5-3-9(4-6-10)14-8(2)16/h3-6,15H,1-2H3,(H,13,17)(H,14,16). The zero-order valence-electron chi connectivity index (χ0n) is 11.3. The van der Waals surface area contributed by atoms with Gasteiger partial charge >= 0.3 is 4.87 Å². The molecule has 0 saturated heterocycles. The lowest BCUT2D eigenvalue weighted by Gasteiger charge is -2.08. The van der Waals surface area contributed by atoms with Gasteiger partial charge in [-0.25, -0.2) is 8.42 Å². The zero-order valence-corrected chi connectivity index (χ0v) is 12.9. The van der Waals surface area contributed by atoms with Crippen LogP contribution in [0.1, 0.15) is 12.6 Å². The van der Waals surface area contributed by atoms with Crippen molar-refractivity contribution >= 4 is 38.6 Å². The maximum Gasteiger partial charge on any atom is 0.306 e. The Morgan fingerprint density at radius 1 is 1.19 bits per heavy atom. The number of hydrogen-bond donors (Lipinski definition) is 3. The number of benzene rings is 1. The highest BCUT2D eigenvalue weighted by molar-refractivity contribution is 7.94. The van der Waals surface area contributed by atoms with Crippen molar-refractivity contribution < 1.29 is 13.2 Å². The molecule has 0 atom stereocenters. The average Bonchev–Trinajstić information content (AvgIpc) is 2.71. The number of thiazole rings is 1. The van der Waals surface area contributed by atoms with Crippen LogP contribution in [0.2, 0.25) is 0 Å². The van der Waals surface area contributed by atoms with Crippen LogP contribution in [-0.4, -0.2) is 19.3 Å². The third-order valence-electron chi connectivity index (χ3n) is 2.48. The minimum atomic E-state index is -3.81. The van der Waals surface area contributed by atoms with E-state index in [1.165, 1.54) is 26.0 Å². The molecule has 1 aromatic carbocycles. The second-order valence-electron chi connectivity index (χ2n) is 4.29. The lowest BCUT2D eigenvalue weighted by Crippen LogP contribution is -2.13. The maximum absolute atomic E-state index is 12.2. The summed E-state index contributed by atoms with van der Waals surface area (Å²) in [6, 6.07) is 6.19. The maximum atomic E-state index is 12.2. The van der Waals surface area contributed by atoms with E-state index in [0.717, 1.165) is 0 Å². The fraction of sp³-hybridized carbons (Fsp3) is 0.167. The predicted octanol–water partition coefficient (Wildman–Crippen LogP) is 1.50. The molecule has 0 fully saturated rings. The van der Waals surface area contributed by atoms with Gasteiger partial charge in [0.25, 0.3) is 10.0 Å². The van der Waals surface area contributed by atoms with Crippen LogP contribution in [0.4, 0.5) is 11.4 Å². The Morgan fingerprint density at radius 3 is 2.24 bits per heavy atom. The van der Waals surface area contributed by atoms with Crippen LogP contribution >= 0.6 is 11.3 Å². The number of aromatic amines is 1. The van der Waals surface area contributed by atoms with Gasteiger partial charge in [-0.05, 0) is 31.2 Å². The number of aryl methyl sites for hydroxylation is 1. The molecule has 0 spiro atoms. The molecule has 21 heavy (non-hydrogen) atoms. The smallest absolute Gasteiger partial charge is 0.306 e. The minimum Gasteiger partial charge on any atom is -0.326 e. The van der Waals surface area contributed by atoms with Crippen LogP contribution in [0.15, 0.2) is 33.3 Å². The van der Waals surface area contributed by atoms with E-state index in [9.17, 15) is 18.0 Å². The quantitative estimate of drug-likeness (QED) is 0.791. The van der Waals surface area contributed by atoms with Crippen molar-refractivity contribution in [2.75, 3.05) is 10.0 Å². The SMILES string of the molecule is CC(=O)Nc1ccc(NS(=O)(=O)c2sc(=O)[nH]c2C)cc1. The summed E-state index contributed by atoms with van der Waals surface area (Å²) in [5.41, 5.74) is 1.20. The molecule has 1 heterocycles. The van der Waals surface area contributed by atoms with E-state index >= 15 is 0 Å². The van der Waals surface area contributed by atoms with Crippen LogP contribution in [-0.2, 0) is 14.8 Å². The fourth-order valence-corrected chi connectivity index (χ4v) is 4.03. The number of nitrogens with one attached hydrogen (secondary N) is 3. The van der Waals surface area contributed by atoms with E-state index in [4.69, 9.17) is 0 Å². The summed E-state index contributed by atoms with van der Waals surface area (Å²) in [6.07, 6.45) is 0. The van der Waals surface area contributed by atoms with Crippen molar-refractivity contribution in [1.29, 1.82) is 0 Å². The summed E-state index contributed by atoms with van der Waals surface area (Å²) in [5, 5.41) is 2.58. The molecule has 0 saturated carbocycles. The molecule has 0 aliphatic rings. The molecular formula is C12H13N3O4S2. The highest BCUT2D eigenvalue weighted by atomic mass is 32.2. The Bertz CT molecular complexity index is 819. The first-order valence-corrected chi connectivity index (χ1v) is 8.18. The topological polar surface area (TPSA) is 108 Å². The molecule has 9 heteroatoms. The molecule has 7 nitrogen and oxygen atoms in total. The molecule has 0 bridgehead atoms. The summed E-state index contributed by atoms with van der Waals surface area (Å²) in [5.74, 6) is -0.212. The van der Waals surface area contributed by atoms with Crippen LogP contribution in [0, 0.1) is 6.92 Å². The molecule has 0 aliphatic carbocycles. The molecule has 1 aromatic heterocycles. The summed E-state index contributed by atoms with van der Waals surface area (Å²) in [4.78, 5) is 24.1. The van der Waals surface area contributed by atoms with Gasteiger partial charge in [0, 0.05) is 24.0 Å². The molecule has 0 aliphatic heterocycles. The number of rotatable bonds is 4. The summed E-state index contributed by atoms with van der Waals surface area (Å²) < 4.78 is 26.7. The third-order valence-corrected chi connectivity index (χ3v) is 5.47. The summed E-state index contributed by atoms with van der Waals surface area (Å²) >= 11 is 0.634. The lowest BCUT2D eigenvalue weighted by atomic mass is 10.3. The highest BCUT2D eigenvalue weighted by Crippen LogP contribution is 2.21. The summed E-state index contributed by atoms with van der Waals surface area (Å²) in [6.45, 7) is 2.90. The number of sulfonamides is 1. The number of aromatic nitrogens is 1. The molecule has 2 rings (SSSR count). The van der Waals surface area contributed by atoms with E-state index in [2.05, 4.69) is 15.0 Å². The van der Waals surface area contributed by atoms with Gasteiger partial charge in [0.2, 0.25) is 5.91 Å². The number of carbonyl (C=O) groups is 1. The second kappa shape index (κ2) is 5.70. The number of amides is 1. The van der Waals surface area contributed by atoms with Crippen molar-refractivity contribution in [3.05, 3.63) is 39.6 Å². The van der Waals surface area contributed by atoms with E-state index < -0.39 is 14.9 Å². The van der Waals surface area contributed by atoms with Gasteiger partial charge in [-0.15, -0.1) is 0 Å². The van der Waals surface area contributed by atoms with Gasteiger partial charge in [0.15, 0.2) is 4.21 Å². The van der Waals surface area contributed by atoms with Crippen LogP contribution in [0.25, 0.3) is 0 Å². The Labute approximate surface area is 125 Å². The molecule has 3 N–H and O–H groups in total. The highest BCUT2D eigenvalue weighted by Gasteiger charge is 2.20. The van der Waals surface area contributed by atoms with E-state index in [-0.39, 0.29) is 10.1 Å². The van der Waals surface area contributed by atoms with Gasteiger partial charge in [-0.2, -0.15) is 0 Å². The van der Waals surface area contributed by atoms with E-state index in [1.54, 1.807) is 12.1 Å². The van der Waals surface area contributed by atoms with Crippen molar-refractivity contribution in [1.82, 2.24) is 4.98 Å². The van der Waals surface area contributed by atoms with Crippen molar-refractivity contribution in [3.8, 4) is 0 Å². The summed E-state index contributed by atoms with van der Waals surface area (Å²) in [7, 11) is -3.81. The first-order valence-electron chi connectivity index (χ1n) is 5.88. The molecule has 112 valence electrons. The Kier molecular flexibility index (Phi) is 4.14. The van der Waals surface area contributed by atoms with E-state index in [0.29, 0.717) is 28.4 Å². The zero-order chi connectivity index (χ0) is 15.6. The monoisotopic (exact) mass is 327 g/mol. The Morgan fingerprint density at radius 2 is 1.76 bits per heavy atom. The van der Waals surface area contributed by atoms with Gasteiger partial charge in [-0.3, -0.25) is 14.3 Å². The third kappa shape index (κ3) is 3.70. The van der Waals surface area contributed by atoms with Gasteiger partial charge < -0.3 is 10.3 Å². The average molecular weight is 327 g/mol. The van der Waals surface area contributed by atoms with Crippen LogP contribution in [0.5, 0.6) is 0 Å². The van der Waals surface area contributed by atoms with Crippen molar-refractivity contribution in [3.63, 3.8) is 0 Å². The van der Waals surface area contributed by atoms with Crippen LogP contribution < -0.4 is 14.9 Å². The predicted molar refractivity (Wildman–Crippen MR) is 81.2 cm³/mol. The number of H-pyrrole nitrogens is 1. The van der Waals surface area contributed by atoms with Crippen LogP contribution in [0.3, 0.4) is 0 Å². The molecular weight excluding hydrogens is 314 g/mol. The molecule has 1 amide bonds. The first-order chi connectivity index (χ1) is 9.78. The normalized spacial score (nSPS) is 11.1. The van der Waals surface area contributed by atoms with Gasteiger partial charge in [0.05, 0.1) is 0 Å². The lowest BCUT2D eigenvalue weighted by molar-refractivity contribution is -0.114. The molecule has 0 radical (unpaired) electrons. The Balaban J connectivity index is 2.23. The number of hydrogen-bond acceptors (Lipinski definition) is 5. The first kappa shape index (κ1) is 15.3. The Hall–Kier alpha value is -2.13. The number of carbonyl (C=O) groups excluding carboxylic acids is 1. The van der Waals surface area contributed by atoms with Crippen molar-refractivity contribution in [2.45, 2.75) is 18.1 Å². The minimum absolute atomic E-state index is 0.0431. The molecule has 2 aromatic rings. The van der Waals surface area contributed by atoms with E-state index in [1.807, 2.05) is 0 Å². The van der Waals surface area contributed by atoms with Gasteiger partial charge in [0.1, 0.15) is 0 Å². The largest absolute Gasteiger partial charge is 0.326 e. The van der Waals surface area contributed by atoms with Gasteiger partial charge in [-0.1, -0.05) is 11.3 Å². The fourth-order valence-electron chi connectivity index (χ4n) is 1.67. The molecule has 0 unspecified atom stereocenters. The second-order valence-corrected chi connectivity index (χ2v) is 7.15. The van der Waals surface area contributed by atoms with Crippen molar-refractivity contribution in [2.24, 2.45) is 0 Å².